The van der Waals surface area contributed by atoms with Gasteiger partial charge in [0.1, 0.15) is 5.76 Å². The maximum atomic E-state index is 12.3. The van der Waals surface area contributed by atoms with E-state index in [4.69, 9.17) is 14.6 Å². The molecule has 0 spiro atoms. The van der Waals surface area contributed by atoms with E-state index in [9.17, 15) is 4.79 Å². The number of carbonyl (C=O) groups excluding carboxylic acids is 1. The highest BCUT2D eigenvalue weighted by Crippen LogP contribution is 2.39. The van der Waals surface area contributed by atoms with Crippen molar-refractivity contribution in [2.24, 2.45) is 11.7 Å². The Morgan fingerprint density at radius 3 is 2.91 bits per heavy atom. The normalized spacial score (nSPS) is 17.2. The Bertz CT molecular complexity index is 658. The summed E-state index contributed by atoms with van der Waals surface area (Å²) in [4.78, 5) is 16.7. The van der Waals surface area contributed by atoms with E-state index in [0.717, 1.165) is 12.8 Å². The van der Waals surface area contributed by atoms with Crippen LogP contribution in [0.25, 0.3) is 11.7 Å². The summed E-state index contributed by atoms with van der Waals surface area (Å²) in [7, 11) is 0. The Kier molecular flexibility index (Phi) is 3.78. The molecule has 2 aromatic rings. The van der Waals surface area contributed by atoms with Crippen molar-refractivity contribution in [2.75, 3.05) is 6.54 Å². The highest BCUT2D eigenvalue weighted by atomic mass is 16.4. The number of nitrogens with one attached hydrogen (secondary N) is 1. The smallest absolute Gasteiger partial charge is 0.263 e. The Balaban J connectivity index is 1.69. The number of aromatic nitrogens is 1. The molecule has 118 valence electrons. The van der Waals surface area contributed by atoms with Gasteiger partial charge >= 0.3 is 0 Å². The predicted octanol–water partition coefficient (Wildman–Crippen LogP) is 2.03. The van der Waals surface area contributed by atoms with Crippen LogP contribution in [0.3, 0.4) is 0 Å². The Labute approximate surface area is 129 Å². The fraction of sp³-hybridized carbons (Fsp3) is 0.500. The van der Waals surface area contributed by atoms with Crippen molar-refractivity contribution >= 4 is 5.91 Å². The van der Waals surface area contributed by atoms with E-state index in [1.807, 2.05) is 6.92 Å². The molecule has 1 aliphatic carbocycles. The molecule has 1 atom stereocenters. The van der Waals surface area contributed by atoms with E-state index >= 15 is 0 Å². The van der Waals surface area contributed by atoms with Crippen molar-refractivity contribution in [1.29, 1.82) is 0 Å². The van der Waals surface area contributed by atoms with Crippen LogP contribution in [0, 0.1) is 12.8 Å². The lowest BCUT2D eigenvalue weighted by atomic mass is 9.95. The highest BCUT2D eigenvalue weighted by Gasteiger charge is 2.41. The topological polar surface area (TPSA) is 94.3 Å². The molecule has 22 heavy (non-hydrogen) atoms. The maximum Gasteiger partial charge on any atom is 0.263 e. The molecule has 1 aliphatic rings. The summed E-state index contributed by atoms with van der Waals surface area (Å²) >= 11 is 0. The van der Waals surface area contributed by atoms with Crippen molar-refractivity contribution in [2.45, 2.75) is 38.6 Å². The summed E-state index contributed by atoms with van der Waals surface area (Å²) in [5.74, 6) is 1.98. The van der Waals surface area contributed by atoms with Crippen molar-refractivity contribution in [1.82, 2.24) is 10.3 Å². The average molecular weight is 303 g/mol. The third kappa shape index (κ3) is 2.92. The number of rotatable bonds is 6. The summed E-state index contributed by atoms with van der Waals surface area (Å²) < 4.78 is 10.8. The first-order chi connectivity index (χ1) is 10.5. The van der Waals surface area contributed by atoms with Crippen LogP contribution in [0.2, 0.25) is 0 Å². The zero-order valence-electron chi connectivity index (χ0n) is 12.9. The first-order valence-corrected chi connectivity index (χ1v) is 7.53. The number of nitrogens with two attached hydrogens (primary N) is 1. The van der Waals surface area contributed by atoms with Crippen LogP contribution in [0.4, 0.5) is 0 Å². The molecule has 0 aromatic carbocycles. The second-order valence-electron chi connectivity index (χ2n) is 6.12. The van der Waals surface area contributed by atoms with E-state index < -0.39 is 0 Å². The van der Waals surface area contributed by atoms with E-state index in [2.05, 4.69) is 10.3 Å². The molecule has 3 N–H and O–H groups in total. The molecule has 2 heterocycles. The molecule has 6 nitrogen and oxygen atoms in total. The van der Waals surface area contributed by atoms with Crippen LogP contribution in [-0.4, -0.2) is 23.0 Å². The molecular weight excluding hydrogens is 282 g/mol. The monoisotopic (exact) mass is 303 g/mol. The quantitative estimate of drug-likeness (QED) is 0.851. The molecule has 0 bridgehead atoms. The molecule has 0 radical (unpaired) electrons. The van der Waals surface area contributed by atoms with E-state index in [1.54, 1.807) is 25.3 Å². The van der Waals surface area contributed by atoms with Gasteiger partial charge in [-0.3, -0.25) is 4.79 Å². The lowest BCUT2D eigenvalue weighted by molar-refractivity contribution is -0.122. The maximum absolute atomic E-state index is 12.3. The minimum Gasteiger partial charge on any atom is -0.459 e. The standard InChI is InChI=1S/C16H21N3O3/c1-10-12(18-15(22-10)13-4-3-7-21-13)8-14(20)19-16(2,9-17)11-5-6-11/h3-4,7,11H,5-6,8-9,17H2,1-2H3,(H,19,20). The van der Waals surface area contributed by atoms with Crippen molar-refractivity contribution in [3.05, 3.63) is 29.9 Å². The summed E-state index contributed by atoms with van der Waals surface area (Å²) in [5.41, 5.74) is 6.13. The first-order valence-electron chi connectivity index (χ1n) is 7.53. The number of carbonyl (C=O) groups is 1. The fourth-order valence-corrected chi connectivity index (χ4v) is 2.65. The van der Waals surface area contributed by atoms with Crippen molar-refractivity contribution < 1.29 is 13.6 Å². The van der Waals surface area contributed by atoms with Crippen LogP contribution in [0.1, 0.15) is 31.2 Å². The lowest BCUT2D eigenvalue weighted by Crippen LogP contribution is -2.53. The van der Waals surface area contributed by atoms with Gasteiger partial charge < -0.3 is 19.9 Å². The molecule has 3 rings (SSSR count). The highest BCUT2D eigenvalue weighted by molar-refractivity contribution is 5.79. The van der Waals surface area contributed by atoms with Gasteiger partial charge in [-0.2, -0.15) is 0 Å². The molecule has 6 heteroatoms. The molecule has 1 fully saturated rings. The number of hydrogen-bond acceptors (Lipinski definition) is 5. The summed E-state index contributed by atoms with van der Waals surface area (Å²) in [5, 5.41) is 3.06. The summed E-state index contributed by atoms with van der Waals surface area (Å²) in [6.07, 6.45) is 3.99. The SMILES string of the molecule is Cc1oc(-c2ccco2)nc1CC(=O)NC(C)(CN)C1CC1. The van der Waals surface area contributed by atoms with Crippen LogP contribution in [-0.2, 0) is 11.2 Å². The van der Waals surface area contributed by atoms with Crippen molar-refractivity contribution in [3.8, 4) is 11.7 Å². The minimum absolute atomic E-state index is 0.0813. The molecule has 1 saturated carbocycles. The van der Waals surface area contributed by atoms with E-state index in [-0.39, 0.29) is 17.9 Å². The second-order valence-corrected chi connectivity index (χ2v) is 6.12. The van der Waals surface area contributed by atoms with Gasteiger partial charge in [0.25, 0.3) is 5.89 Å². The third-order valence-electron chi connectivity index (χ3n) is 4.28. The van der Waals surface area contributed by atoms with Gasteiger partial charge in [-0.25, -0.2) is 4.98 Å². The number of amides is 1. The molecular formula is C16H21N3O3. The number of oxazole rings is 1. The van der Waals surface area contributed by atoms with Gasteiger partial charge in [0.2, 0.25) is 5.91 Å². The lowest BCUT2D eigenvalue weighted by Gasteiger charge is -2.29. The van der Waals surface area contributed by atoms with Crippen LogP contribution in [0.5, 0.6) is 0 Å². The van der Waals surface area contributed by atoms with Gasteiger partial charge in [-0.1, -0.05) is 0 Å². The van der Waals surface area contributed by atoms with Crippen molar-refractivity contribution in [3.63, 3.8) is 0 Å². The fourth-order valence-electron chi connectivity index (χ4n) is 2.65. The zero-order valence-corrected chi connectivity index (χ0v) is 12.9. The Morgan fingerprint density at radius 2 is 2.32 bits per heavy atom. The molecule has 1 amide bonds. The van der Waals surface area contributed by atoms with E-state index in [0.29, 0.717) is 35.6 Å². The van der Waals surface area contributed by atoms with Gasteiger partial charge in [-0.15, -0.1) is 0 Å². The number of nitrogens with zero attached hydrogens (tertiary/aromatic N) is 1. The zero-order chi connectivity index (χ0) is 15.7. The molecule has 1 unspecified atom stereocenters. The molecule has 0 saturated heterocycles. The molecule has 0 aliphatic heterocycles. The largest absolute Gasteiger partial charge is 0.459 e. The van der Waals surface area contributed by atoms with Gasteiger partial charge in [0, 0.05) is 6.54 Å². The second kappa shape index (κ2) is 5.61. The third-order valence-corrected chi connectivity index (χ3v) is 4.28. The van der Waals surface area contributed by atoms with Gasteiger partial charge in [0.15, 0.2) is 5.76 Å². The number of hydrogen-bond donors (Lipinski definition) is 2. The van der Waals surface area contributed by atoms with Gasteiger partial charge in [0.05, 0.1) is 23.9 Å². The predicted molar refractivity (Wildman–Crippen MR) is 81.0 cm³/mol. The molecule has 2 aromatic heterocycles. The van der Waals surface area contributed by atoms with E-state index in [1.165, 1.54) is 0 Å². The Morgan fingerprint density at radius 1 is 1.55 bits per heavy atom. The van der Waals surface area contributed by atoms with Crippen LogP contribution < -0.4 is 11.1 Å². The summed E-state index contributed by atoms with van der Waals surface area (Å²) in [6, 6.07) is 3.54. The first kappa shape index (κ1) is 14.8. The van der Waals surface area contributed by atoms with Crippen LogP contribution >= 0.6 is 0 Å². The average Bonchev–Trinajstić information content (AvgIpc) is 3.10. The Hall–Kier alpha value is -2.08. The van der Waals surface area contributed by atoms with Crippen LogP contribution in [0.15, 0.2) is 27.2 Å². The summed E-state index contributed by atoms with van der Waals surface area (Å²) in [6.45, 7) is 4.25. The number of furan rings is 1. The van der Waals surface area contributed by atoms with Gasteiger partial charge in [-0.05, 0) is 44.7 Å². The minimum atomic E-state index is -0.321. The number of aryl methyl sites for hydroxylation is 1.